The smallest absolute Gasteiger partial charge is 0.205 e. The molecule has 16 rings (SSSR count). The molecule has 12 nitrogen and oxygen atoms in total. The second-order valence-electron chi connectivity index (χ2n) is 32.5. The van der Waals surface area contributed by atoms with Gasteiger partial charge in [-0.25, -0.2) is 17.6 Å². The zero-order chi connectivity index (χ0) is 87.8. The first kappa shape index (κ1) is 91.5. The van der Waals surface area contributed by atoms with Crippen molar-refractivity contribution in [3.8, 4) is 69.0 Å². The number of allylic oxidation sites excluding steroid dienone is 2. The Kier molecular flexibility index (Phi) is 31.5. The summed E-state index contributed by atoms with van der Waals surface area (Å²) in [6, 6.07) is 19.5. The van der Waals surface area contributed by atoms with Crippen LogP contribution in [-0.2, 0) is 70.3 Å². The zero-order valence-electron chi connectivity index (χ0n) is 69.7. The third-order valence-electron chi connectivity index (χ3n) is 23.5. The van der Waals surface area contributed by atoms with E-state index in [4.69, 9.17) is 56.8 Å². The molecule has 8 heterocycles. The summed E-state index contributed by atoms with van der Waals surface area (Å²) in [4.78, 5) is 0. The maximum absolute atomic E-state index is 14.9. The number of fused-ring (bicyclic) bond motifs is 8. The maximum Gasteiger partial charge on any atom is 0.205 e. The molecule has 124 heavy (non-hydrogen) atoms. The molecule has 0 spiro atoms. The van der Waals surface area contributed by atoms with E-state index >= 15 is 0 Å². The molecular formula is C99H103F13O12. The Labute approximate surface area is 714 Å². The van der Waals surface area contributed by atoms with Crippen molar-refractivity contribution in [3.05, 3.63) is 273 Å². The summed E-state index contributed by atoms with van der Waals surface area (Å²) in [6.07, 6.45) is 22.8. The third-order valence-corrected chi connectivity index (χ3v) is 23.5. The Morgan fingerprint density at radius 2 is 0.605 bits per heavy atom. The predicted molar refractivity (Wildman–Crippen MR) is 445 cm³/mol. The van der Waals surface area contributed by atoms with Crippen LogP contribution in [0.5, 0.6) is 69.0 Å². The van der Waals surface area contributed by atoms with Crippen LogP contribution in [0.4, 0.5) is 57.1 Å². The van der Waals surface area contributed by atoms with Crippen LogP contribution < -0.4 is 37.9 Å². The summed E-state index contributed by atoms with van der Waals surface area (Å²) in [6.45, 7) is 24.8. The summed E-state index contributed by atoms with van der Waals surface area (Å²) in [7, 11) is 0. The van der Waals surface area contributed by atoms with E-state index in [2.05, 4.69) is 39.8 Å². The minimum atomic E-state index is -1.21. The number of benzene rings is 8. The SMILES string of the molecule is C=CC1CCC(COc2cc3c(c(F)c2F)Oc2c(ccc(CCC)c2F)C3)CO1.C=CC1CCC(COc2cc3c(c(F)c2F)Oc2c(ccc(CCCF)c2F)C3)CO1.C=CCCc1ccc2c(c1F)Oc1c(cc(OCC3CCC(C=C)OC3)c(F)c1F)C2.C=CCCc1ccc2c(c1F)Oc1c(cc(OCC3CCC(CCC)OC3)c(F)c1F)C2. The largest absolute Gasteiger partial charge is 0.490 e. The monoisotopic (exact) mass is 1730 g/mol. The van der Waals surface area contributed by atoms with E-state index in [0.29, 0.717) is 120 Å². The fourth-order valence-electron chi connectivity index (χ4n) is 16.3. The van der Waals surface area contributed by atoms with E-state index in [1.165, 1.54) is 24.3 Å². The van der Waals surface area contributed by atoms with Gasteiger partial charge >= 0.3 is 0 Å². The Hall–Kier alpha value is -10.2. The standard InChI is InChI=1S/C26H29F3O3.C25H25F3O3.C24H24F4O3.C24H25F3O3/c1-3-5-7-17-9-10-18-12-19-13-21(23(28)24(29)26(19)32-25(18)22(17)27)31-15-16-8-11-20(6-4-2)30-14-16;1-3-5-6-16-8-9-17-11-18-12-20(30-14-15-7-10-19(4-2)29-13-15)22(27)23(28)25(18)31-24(17)21(16)26;1-2-18-8-5-14(12-29-18)13-30-19-11-17-10-16-7-6-15(4-3-9-25)20(26)23(16)31-24(17)22(28)21(19)27;1-3-5-15-7-8-16-10-17-11-19(29-13-14-6-9-18(4-2)28-12-14)21(26)22(27)24(17)30-23(16)20(15)25/h3,9-10,13,16,20H,1,4-8,11-12,14-15H2,2H3;3-4,8-9,12,15,19H,1-2,5-7,10-11,13-14H2;2,6-7,11,14,18H,1,3-5,8-10,12-13H2;4,7-8,11,14,18H,2-3,5-6,9-10,12-13H2,1H3. The number of hydrogen-bond acceptors (Lipinski definition) is 12. The predicted octanol–water partition coefficient (Wildman–Crippen LogP) is 25.3. The van der Waals surface area contributed by atoms with Gasteiger partial charge in [0.1, 0.15) is 0 Å². The lowest BCUT2D eigenvalue weighted by molar-refractivity contribution is -0.0310. The van der Waals surface area contributed by atoms with E-state index in [-0.39, 0.29) is 188 Å². The molecule has 4 saturated heterocycles. The number of ether oxygens (including phenoxy) is 12. The summed E-state index contributed by atoms with van der Waals surface area (Å²) in [5.74, 6) is -13.1. The van der Waals surface area contributed by atoms with Gasteiger partial charge in [-0.2, -0.15) is 35.1 Å². The quantitative estimate of drug-likeness (QED) is 0.0344. The molecule has 0 radical (unpaired) electrons. The molecule has 25 heteroatoms. The van der Waals surface area contributed by atoms with Crippen LogP contribution in [0.1, 0.15) is 171 Å². The number of aryl methyl sites for hydroxylation is 4. The lowest BCUT2D eigenvalue weighted by Crippen LogP contribution is -2.29. The molecule has 0 N–H and O–H groups in total. The van der Waals surface area contributed by atoms with Gasteiger partial charge in [-0.1, -0.05) is 106 Å². The first-order valence-corrected chi connectivity index (χ1v) is 42.6. The highest BCUT2D eigenvalue weighted by atomic mass is 19.2. The fraction of sp³-hybridized carbons (Fsp3) is 0.414. The molecule has 4 fully saturated rings. The number of hydrogen-bond donors (Lipinski definition) is 0. The first-order chi connectivity index (χ1) is 60.0. The first-order valence-electron chi connectivity index (χ1n) is 42.6. The lowest BCUT2D eigenvalue weighted by Gasteiger charge is -2.29. The van der Waals surface area contributed by atoms with Crippen LogP contribution in [0.2, 0.25) is 0 Å². The highest BCUT2D eigenvalue weighted by molar-refractivity contribution is 5.59. The van der Waals surface area contributed by atoms with Crippen LogP contribution in [0, 0.1) is 93.5 Å². The van der Waals surface area contributed by atoms with Gasteiger partial charge < -0.3 is 56.8 Å². The highest BCUT2D eigenvalue weighted by Gasteiger charge is 2.37. The molecule has 662 valence electrons. The molecule has 8 unspecified atom stereocenters. The number of alkyl halides is 1. The Balaban J connectivity index is 0.000000142. The van der Waals surface area contributed by atoms with Crippen molar-refractivity contribution in [2.24, 2.45) is 23.7 Å². The topological polar surface area (TPSA) is 111 Å². The van der Waals surface area contributed by atoms with Crippen molar-refractivity contribution in [2.45, 2.75) is 180 Å². The van der Waals surface area contributed by atoms with E-state index in [1.807, 2.05) is 6.92 Å². The number of halogens is 13. The van der Waals surface area contributed by atoms with Gasteiger partial charge in [-0.05, 0) is 149 Å². The molecule has 0 amide bonds. The number of rotatable bonds is 28. The van der Waals surface area contributed by atoms with Crippen molar-refractivity contribution in [1.29, 1.82) is 0 Å². The minimum Gasteiger partial charge on any atom is -0.490 e. The molecule has 0 aromatic heterocycles. The van der Waals surface area contributed by atoms with E-state index in [1.54, 1.807) is 78.9 Å². The molecule has 8 atom stereocenters. The summed E-state index contributed by atoms with van der Waals surface area (Å²) in [5.41, 5.74) is 5.68. The summed E-state index contributed by atoms with van der Waals surface area (Å²) >= 11 is 0. The van der Waals surface area contributed by atoms with Gasteiger partial charge in [0.25, 0.3) is 0 Å². The van der Waals surface area contributed by atoms with Crippen molar-refractivity contribution in [3.63, 3.8) is 0 Å². The van der Waals surface area contributed by atoms with Gasteiger partial charge in [-0.3, -0.25) is 4.39 Å². The van der Waals surface area contributed by atoms with Gasteiger partial charge in [0.15, 0.2) is 92.3 Å². The van der Waals surface area contributed by atoms with Gasteiger partial charge in [0.05, 0.1) is 83.9 Å². The van der Waals surface area contributed by atoms with Crippen LogP contribution in [0.15, 0.2) is 136 Å². The molecule has 0 aliphatic carbocycles. The second-order valence-corrected chi connectivity index (χ2v) is 32.5. The Morgan fingerprint density at radius 3 is 0.855 bits per heavy atom. The molecular weight excluding hydrogens is 1630 g/mol. The van der Waals surface area contributed by atoms with Gasteiger partial charge in [-0.15, -0.1) is 32.9 Å². The van der Waals surface area contributed by atoms with Crippen LogP contribution >= 0.6 is 0 Å². The van der Waals surface area contributed by atoms with E-state index in [0.717, 1.165) is 70.6 Å². The van der Waals surface area contributed by atoms with Crippen molar-refractivity contribution < 1.29 is 114 Å². The van der Waals surface area contributed by atoms with Crippen LogP contribution in [-0.4, -0.2) is 83.9 Å². The molecule has 0 saturated carbocycles. The van der Waals surface area contributed by atoms with Crippen LogP contribution in [0.3, 0.4) is 0 Å². The molecule has 0 bridgehead atoms. The summed E-state index contributed by atoms with van der Waals surface area (Å²) in [5, 5.41) is 0. The molecule has 8 aromatic rings. The van der Waals surface area contributed by atoms with Gasteiger partial charge in [0, 0.05) is 93.9 Å². The lowest BCUT2D eigenvalue weighted by atomic mass is 9.96. The zero-order valence-corrected chi connectivity index (χ0v) is 69.7. The normalized spacial score (nSPS) is 19.8. The molecule has 8 aliphatic rings. The maximum atomic E-state index is 14.9. The Bertz CT molecular complexity index is 5160. The Morgan fingerprint density at radius 1 is 0.323 bits per heavy atom. The third kappa shape index (κ3) is 21.3. The van der Waals surface area contributed by atoms with Crippen LogP contribution in [0.25, 0.3) is 0 Å². The van der Waals surface area contributed by atoms with Crippen molar-refractivity contribution in [1.82, 2.24) is 0 Å². The van der Waals surface area contributed by atoms with E-state index < -0.39 is 76.5 Å². The van der Waals surface area contributed by atoms with Crippen molar-refractivity contribution in [2.75, 3.05) is 59.5 Å². The van der Waals surface area contributed by atoms with Gasteiger partial charge in [0.2, 0.25) is 46.5 Å². The average Bonchev–Trinajstić information content (AvgIpc) is 0.775. The van der Waals surface area contributed by atoms with Crippen molar-refractivity contribution >= 4 is 0 Å². The minimum absolute atomic E-state index is 0.0171. The second kappa shape index (κ2) is 42.7. The molecule has 8 aromatic carbocycles. The summed E-state index contributed by atoms with van der Waals surface area (Å²) < 4.78 is 257. The highest BCUT2D eigenvalue weighted by Crippen LogP contribution is 2.50. The average molecular weight is 1730 g/mol. The fourth-order valence-corrected chi connectivity index (χ4v) is 16.3. The van der Waals surface area contributed by atoms with E-state index in [9.17, 15) is 57.1 Å². The molecule has 8 aliphatic heterocycles.